The number of carbonyl (C=O) groups is 2. The summed E-state index contributed by atoms with van der Waals surface area (Å²) in [6.07, 6.45) is 4.28. The van der Waals surface area contributed by atoms with Crippen LogP contribution in [0.5, 0.6) is 0 Å². The highest BCUT2D eigenvalue weighted by atomic mass is 32.2. The maximum atomic E-state index is 12.8. The molecular weight excluding hydrogens is 346 g/mol. The van der Waals surface area contributed by atoms with Crippen LogP contribution in [0.4, 0.5) is 5.69 Å². The third-order valence-electron chi connectivity index (χ3n) is 5.22. The van der Waals surface area contributed by atoms with E-state index in [0.717, 1.165) is 51.0 Å². The second-order valence-corrected chi connectivity index (χ2v) is 8.53. The van der Waals surface area contributed by atoms with Gasteiger partial charge in [-0.1, -0.05) is 25.0 Å². The summed E-state index contributed by atoms with van der Waals surface area (Å²) in [5.74, 6) is 2.38. The van der Waals surface area contributed by atoms with Gasteiger partial charge in [0.1, 0.15) is 6.04 Å². The molecule has 5 nitrogen and oxygen atoms in total. The van der Waals surface area contributed by atoms with Gasteiger partial charge >= 0.3 is 0 Å². The minimum absolute atomic E-state index is 0.0985. The van der Waals surface area contributed by atoms with Crippen molar-refractivity contribution >= 4 is 29.3 Å². The molecule has 2 aliphatic rings. The van der Waals surface area contributed by atoms with Crippen LogP contribution in [0.3, 0.4) is 0 Å². The zero-order chi connectivity index (χ0) is 18.4. The van der Waals surface area contributed by atoms with Gasteiger partial charge in [-0.2, -0.15) is 11.8 Å². The Balaban J connectivity index is 1.63. The number of amides is 2. The monoisotopic (exact) mass is 375 g/mol. The second kappa shape index (κ2) is 9.42. The number of thioether (sulfide) groups is 1. The largest absolute Gasteiger partial charge is 0.344 e. The van der Waals surface area contributed by atoms with Crippen LogP contribution in [-0.4, -0.2) is 47.4 Å². The third-order valence-corrected chi connectivity index (χ3v) is 6.16. The number of nitrogens with zero attached hydrogens (tertiary/aromatic N) is 1. The Hall–Kier alpha value is -1.53. The second-order valence-electron chi connectivity index (χ2n) is 7.30. The third kappa shape index (κ3) is 5.48. The predicted molar refractivity (Wildman–Crippen MR) is 107 cm³/mol. The molecule has 1 aliphatic carbocycles. The van der Waals surface area contributed by atoms with Crippen molar-refractivity contribution in [3.63, 3.8) is 0 Å². The van der Waals surface area contributed by atoms with E-state index in [9.17, 15) is 9.59 Å². The molecule has 1 heterocycles. The molecule has 6 heteroatoms. The topological polar surface area (TPSA) is 61.4 Å². The lowest BCUT2D eigenvalue weighted by Gasteiger charge is -2.26. The number of benzene rings is 1. The van der Waals surface area contributed by atoms with Gasteiger partial charge in [-0.25, -0.2) is 0 Å². The standard InChI is InChI=1S/C20H29N3O2S/c1-15(24)21-19(17-6-2-3-7-17)20(25)22-18-8-4-5-16(13-18)14-23-9-11-26-12-10-23/h4-5,8,13,17,19H,2-3,6-7,9-12,14H2,1H3,(H,21,24)(H,22,25). The highest BCUT2D eigenvalue weighted by molar-refractivity contribution is 7.99. The van der Waals surface area contributed by atoms with E-state index in [0.29, 0.717) is 0 Å². The number of rotatable bonds is 6. The predicted octanol–water partition coefficient (Wildman–Crippen LogP) is 2.87. The average Bonchev–Trinajstić information content (AvgIpc) is 3.15. The Kier molecular flexibility index (Phi) is 6.97. The zero-order valence-electron chi connectivity index (χ0n) is 15.5. The van der Waals surface area contributed by atoms with E-state index < -0.39 is 6.04 Å². The molecule has 1 saturated carbocycles. The van der Waals surface area contributed by atoms with E-state index in [-0.39, 0.29) is 17.7 Å². The average molecular weight is 376 g/mol. The maximum absolute atomic E-state index is 12.8. The molecule has 1 unspecified atom stereocenters. The van der Waals surface area contributed by atoms with Crippen molar-refractivity contribution in [1.29, 1.82) is 0 Å². The fraction of sp³-hybridized carbons (Fsp3) is 0.600. The van der Waals surface area contributed by atoms with Crippen molar-refractivity contribution in [2.24, 2.45) is 5.92 Å². The van der Waals surface area contributed by atoms with Crippen LogP contribution in [0.2, 0.25) is 0 Å². The number of hydrogen-bond acceptors (Lipinski definition) is 4. The van der Waals surface area contributed by atoms with Crippen molar-refractivity contribution in [2.45, 2.75) is 45.2 Å². The van der Waals surface area contributed by atoms with Gasteiger partial charge in [0.05, 0.1) is 0 Å². The van der Waals surface area contributed by atoms with Gasteiger partial charge in [0.25, 0.3) is 0 Å². The summed E-state index contributed by atoms with van der Waals surface area (Å²) in [5.41, 5.74) is 2.03. The number of hydrogen-bond donors (Lipinski definition) is 2. The normalized spacial score (nSPS) is 19.9. The lowest BCUT2D eigenvalue weighted by molar-refractivity contribution is -0.126. The van der Waals surface area contributed by atoms with Crippen LogP contribution in [-0.2, 0) is 16.1 Å². The molecule has 2 N–H and O–H groups in total. The van der Waals surface area contributed by atoms with E-state index in [4.69, 9.17) is 0 Å². The van der Waals surface area contributed by atoms with Crippen LogP contribution < -0.4 is 10.6 Å². The first kappa shape index (κ1) is 19.2. The van der Waals surface area contributed by atoms with Crippen molar-refractivity contribution in [1.82, 2.24) is 10.2 Å². The molecule has 0 bridgehead atoms. The Morgan fingerprint density at radius 1 is 1.23 bits per heavy atom. The van der Waals surface area contributed by atoms with Gasteiger partial charge < -0.3 is 10.6 Å². The fourth-order valence-corrected chi connectivity index (χ4v) is 4.87. The van der Waals surface area contributed by atoms with Crippen molar-refractivity contribution in [3.8, 4) is 0 Å². The summed E-state index contributed by atoms with van der Waals surface area (Å²) in [4.78, 5) is 26.8. The zero-order valence-corrected chi connectivity index (χ0v) is 16.3. The lowest BCUT2D eigenvalue weighted by atomic mass is 9.97. The van der Waals surface area contributed by atoms with E-state index >= 15 is 0 Å². The molecule has 3 rings (SSSR count). The first-order valence-electron chi connectivity index (χ1n) is 9.59. The molecule has 1 atom stereocenters. The molecule has 2 amide bonds. The van der Waals surface area contributed by atoms with Crippen LogP contribution in [0.15, 0.2) is 24.3 Å². The molecule has 1 aromatic rings. The van der Waals surface area contributed by atoms with Gasteiger partial charge in [-0.05, 0) is 36.5 Å². The summed E-state index contributed by atoms with van der Waals surface area (Å²) in [7, 11) is 0. The number of nitrogens with one attached hydrogen (secondary N) is 2. The molecule has 0 spiro atoms. The van der Waals surface area contributed by atoms with Crippen LogP contribution >= 0.6 is 11.8 Å². The highest BCUT2D eigenvalue weighted by Crippen LogP contribution is 2.28. The van der Waals surface area contributed by atoms with Crippen LogP contribution in [0.25, 0.3) is 0 Å². The molecule has 26 heavy (non-hydrogen) atoms. The Bertz CT molecular complexity index is 625. The minimum atomic E-state index is -0.433. The summed E-state index contributed by atoms with van der Waals surface area (Å²) in [6, 6.07) is 7.65. The fourth-order valence-electron chi connectivity index (χ4n) is 3.89. The number of anilines is 1. The van der Waals surface area contributed by atoms with Gasteiger partial charge in [0.2, 0.25) is 11.8 Å². The van der Waals surface area contributed by atoms with Crippen LogP contribution in [0, 0.1) is 5.92 Å². The van der Waals surface area contributed by atoms with E-state index in [1.54, 1.807) is 0 Å². The van der Waals surface area contributed by atoms with E-state index in [2.05, 4.69) is 27.7 Å². The maximum Gasteiger partial charge on any atom is 0.247 e. The molecule has 1 aliphatic heterocycles. The first-order valence-corrected chi connectivity index (χ1v) is 10.7. The first-order chi connectivity index (χ1) is 12.6. The quantitative estimate of drug-likeness (QED) is 0.803. The SMILES string of the molecule is CC(=O)NC(C(=O)Nc1cccc(CN2CCSCC2)c1)C1CCCC1. The Labute approximate surface area is 160 Å². The summed E-state index contributed by atoms with van der Waals surface area (Å²) in [6.45, 7) is 4.63. The van der Waals surface area contributed by atoms with Gasteiger partial charge in [-0.15, -0.1) is 0 Å². The summed E-state index contributed by atoms with van der Waals surface area (Å²) >= 11 is 2.01. The molecule has 0 radical (unpaired) electrons. The number of carbonyl (C=O) groups excluding carboxylic acids is 2. The van der Waals surface area contributed by atoms with Crippen LogP contribution in [0.1, 0.15) is 38.2 Å². The Morgan fingerprint density at radius 3 is 2.65 bits per heavy atom. The van der Waals surface area contributed by atoms with Crippen molar-refractivity contribution in [3.05, 3.63) is 29.8 Å². The van der Waals surface area contributed by atoms with Crippen molar-refractivity contribution < 1.29 is 9.59 Å². The minimum Gasteiger partial charge on any atom is -0.344 e. The van der Waals surface area contributed by atoms with E-state index in [1.165, 1.54) is 24.0 Å². The molecule has 2 fully saturated rings. The Morgan fingerprint density at radius 2 is 1.96 bits per heavy atom. The van der Waals surface area contributed by atoms with E-state index in [1.807, 2.05) is 23.9 Å². The molecule has 1 aromatic carbocycles. The highest BCUT2D eigenvalue weighted by Gasteiger charge is 2.31. The molecular formula is C20H29N3O2S. The van der Waals surface area contributed by atoms with Gasteiger partial charge in [0.15, 0.2) is 0 Å². The van der Waals surface area contributed by atoms with Crippen molar-refractivity contribution in [2.75, 3.05) is 29.9 Å². The molecule has 142 valence electrons. The van der Waals surface area contributed by atoms with Gasteiger partial charge in [-0.3, -0.25) is 14.5 Å². The summed E-state index contributed by atoms with van der Waals surface area (Å²) in [5, 5.41) is 5.89. The molecule has 1 saturated heterocycles. The van der Waals surface area contributed by atoms with Gasteiger partial charge in [0, 0.05) is 43.8 Å². The smallest absolute Gasteiger partial charge is 0.247 e. The lowest BCUT2D eigenvalue weighted by Crippen LogP contribution is -2.47. The molecule has 0 aromatic heterocycles. The summed E-state index contributed by atoms with van der Waals surface area (Å²) < 4.78 is 0.